The highest BCUT2D eigenvalue weighted by Crippen LogP contribution is 2.11. The van der Waals surface area contributed by atoms with Gasteiger partial charge in [-0.1, -0.05) is 51.4 Å². The molecule has 0 fully saturated rings. The minimum Gasteiger partial charge on any atom is -0.481 e. The van der Waals surface area contributed by atoms with Crippen molar-refractivity contribution in [3.63, 3.8) is 0 Å². The van der Waals surface area contributed by atoms with E-state index in [0.29, 0.717) is 13.0 Å². The van der Waals surface area contributed by atoms with Gasteiger partial charge in [-0.25, -0.2) is 0 Å². The number of carboxylic acids is 1. The fraction of sp³-hybridized carbons (Fsp3) is 0.824. The number of carbonyl (C=O) groups excluding carboxylic acids is 2. The molecule has 6 nitrogen and oxygen atoms in total. The number of unbranched alkanes of at least 4 members (excludes halogenated alkanes) is 9. The Morgan fingerprint density at radius 1 is 0.696 bits per heavy atom. The van der Waals surface area contributed by atoms with Crippen molar-refractivity contribution in [2.45, 2.75) is 83.5 Å². The fourth-order valence-corrected chi connectivity index (χ4v) is 2.38. The van der Waals surface area contributed by atoms with Crippen LogP contribution in [0, 0.1) is 0 Å². The van der Waals surface area contributed by atoms with Gasteiger partial charge in [0.05, 0.1) is 6.42 Å². The standard InChI is InChI=1S/C17H32N2O4/c18-15(20)11-9-7-5-3-1-2-4-6-8-10-14-19-16(21)12-13-17(22)23/h1-14H2,(H2,18,20)(H,19,21)(H,22,23). The van der Waals surface area contributed by atoms with Gasteiger partial charge in [0.1, 0.15) is 0 Å². The Hall–Kier alpha value is -1.59. The van der Waals surface area contributed by atoms with Crippen LogP contribution >= 0.6 is 0 Å². The minimum absolute atomic E-state index is 0.0643. The third-order valence-electron chi connectivity index (χ3n) is 3.74. The fourth-order valence-electron chi connectivity index (χ4n) is 2.38. The Bertz CT molecular complexity index is 345. The predicted molar refractivity (Wildman–Crippen MR) is 89.9 cm³/mol. The van der Waals surface area contributed by atoms with Gasteiger partial charge in [-0.2, -0.15) is 0 Å². The highest BCUT2D eigenvalue weighted by atomic mass is 16.4. The SMILES string of the molecule is NC(=O)CCCCCCCCCCCCNC(=O)CCC(=O)O. The molecule has 0 atom stereocenters. The first kappa shape index (κ1) is 21.4. The number of hydrogen-bond acceptors (Lipinski definition) is 3. The summed E-state index contributed by atoms with van der Waals surface area (Å²) in [7, 11) is 0. The average molecular weight is 328 g/mol. The number of carboxylic acid groups (broad SMARTS) is 1. The molecule has 0 unspecified atom stereocenters. The van der Waals surface area contributed by atoms with Crippen LogP contribution in [0.5, 0.6) is 0 Å². The summed E-state index contributed by atoms with van der Waals surface area (Å²) in [5, 5.41) is 11.2. The van der Waals surface area contributed by atoms with E-state index in [1.54, 1.807) is 0 Å². The Kier molecular flexibility index (Phi) is 14.3. The van der Waals surface area contributed by atoms with Gasteiger partial charge in [-0.3, -0.25) is 14.4 Å². The van der Waals surface area contributed by atoms with Crippen LogP contribution in [0.3, 0.4) is 0 Å². The Balaban J connectivity index is 3.14. The molecule has 0 aliphatic rings. The highest BCUT2D eigenvalue weighted by Gasteiger charge is 2.03. The van der Waals surface area contributed by atoms with Crippen LogP contribution in [0.2, 0.25) is 0 Å². The normalized spacial score (nSPS) is 10.4. The first-order chi connectivity index (χ1) is 11.0. The quantitative estimate of drug-likeness (QED) is 0.378. The number of nitrogens with one attached hydrogen (secondary N) is 1. The zero-order chi connectivity index (χ0) is 17.3. The molecule has 2 amide bonds. The third kappa shape index (κ3) is 18.4. The van der Waals surface area contributed by atoms with Crippen molar-refractivity contribution in [1.82, 2.24) is 5.32 Å². The van der Waals surface area contributed by atoms with Gasteiger partial charge in [-0.15, -0.1) is 0 Å². The number of hydrogen-bond donors (Lipinski definition) is 3. The highest BCUT2D eigenvalue weighted by molar-refractivity contribution is 5.80. The molecule has 134 valence electrons. The van der Waals surface area contributed by atoms with Crippen molar-refractivity contribution < 1.29 is 19.5 Å². The van der Waals surface area contributed by atoms with Crippen LogP contribution in [-0.2, 0) is 14.4 Å². The summed E-state index contributed by atoms with van der Waals surface area (Å²) in [5.74, 6) is -1.32. The number of amides is 2. The van der Waals surface area contributed by atoms with Gasteiger partial charge < -0.3 is 16.2 Å². The van der Waals surface area contributed by atoms with Gasteiger partial charge in [0.15, 0.2) is 0 Å². The second-order valence-corrected chi connectivity index (χ2v) is 6.00. The molecular weight excluding hydrogens is 296 g/mol. The molecule has 0 aliphatic carbocycles. The predicted octanol–water partition coefficient (Wildman–Crippen LogP) is 2.74. The molecule has 0 aromatic carbocycles. The molecule has 0 saturated carbocycles. The van der Waals surface area contributed by atoms with E-state index in [2.05, 4.69) is 5.32 Å². The maximum absolute atomic E-state index is 11.3. The smallest absolute Gasteiger partial charge is 0.303 e. The van der Waals surface area contributed by atoms with Crippen LogP contribution in [-0.4, -0.2) is 29.4 Å². The molecule has 0 aliphatic heterocycles. The lowest BCUT2D eigenvalue weighted by Gasteiger charge is -2.04. The van der Waals surface area contributed by atoms with Crippen molar-refractivity contribution in [3.05, 3.63) is 0 Å². The van der Waals surface area contributed by atoms with Gasteiger partial charge >= 0.3 is 5.97 Å². The molecule has 0 spiro atoms. The summed E-state index contributed by atoms with van der Waals surface area (Å²) < 4.78 is 0. The van der Waals surface area contributed by atoms with Crippen molar-refractivity contribution in [2.75, 3.05) is 6.54 Å². The van der Waals surface area contributed by atoms with Crippen LogP contribution in [0.25, 0.3) is 0 Å². The molecule has 6 heteroatoms. The minimum atomic E-state index is -0.937. The Labute approximate surface area is 139 Å². The van der Waals surface area contributed by atoms with E-state index < -0.39 is 5.97 Å². The summed E-state index contributed by atoms with van der Waals surface area (Å²) in [5.41, 5.74) is 5.08. The average Bonchev–Trinajstić information content (AvgIpc) is 2.49. The van der Waals surface area contributed by atoms with E-state index >= 15 is 0 Å². The maximum atomic E-state index is 11.3. The second kappa shape index (κ2) is 15.3. The molecule has 0 saturated heterocycles. The maximum Gasteiger partial charge on any atom is 0.303 e. The van der Waals surface area contributed by atoms with E-state index in [-0.39, 0.29) is 24.7 Å². The van der Waals surface area contributed by atoms with Crippen molar-refractivity contribution in [1.29, 1.82) is 0 Å². The van der Waals surface area contributed by atoms with Crippen LogP contribution in [0.15, 0.2) is 0 Å². The summed E-state index contributed by atoms with van der Waals surface area (Å²) in [6.07, 6.45) is 11.8. The van der Waals surface area contributed by atoms with E-state index in [1.165, 1.54) is 38.5 Å². The number of aliphatic carboxylic acids is 1. The molecule has 0 radical (unpaired) electrons. The number of carbonyl (C=O) groups is 3. The van der Waals surface area contributed by atoms with Gasteiger partial charge in [0.25, 0.3) is 0 Å². The Morgan fingerprint density at radius 3 is 1.65 bits per heavy atom. The molecule has 0 aromatic rings. The van der Waals surface area contributed by atoms with Gasteiger partial charge in [0, 0.05) is 19.4 Å². The second-order valence-electron chi connectivity index (χ2n) is 6.00. The zero-order valence-electron chi connectivity index (χ0n) is 14.1. The van der Waals surface area contributed by atoms with Crippen molar-refractivity contribution >= 4 is 17.8 Å². The van der Waals surface area contributed by atoms with Gasteiger partial charge in [-0.05, 0) is 12.8 Å². The van der Waals surface area contributed by atoms with E-state index in [0.717, 1.165) is 25.7 Å². The number of rotatable bonds is 16. The molecular formula is C17H32N2O4. The lowest BCUT2D eigenvalue weighted by Crippen LogP contribution is -2.24. The largest absolute Gasteiger partial charge is 0.481 e. The Morgan fingerprint density at radius 2 is 1.17 bits per heavy atom. The summed E-state index contributed by atoms with van der Waals surface area (Å²) in [4.78, 5) is 32.1. The van der Waals surface area contributed by atoms with E-state index in [9.17, 15) is 14.4 Å². The number of nitrogens with two attached hydrogens (primary N) is 1. The number of primary amides is 1. The first-order valence-corrected chi connectivity index (χ1v) is 8.79. The summed E-state index contributed by atoms with van der Waals surface area (Å²) >= 11 is 0. The monoisotopic (exact) mass is 328 g/mol. The van der Waals surface area contributed by atoms with E-state index in [1.807, 2.05) is 0 Å². The van der Waals surface area contributed by atoms with Crippen molar-refractivity contribution in [3.8, 4) is 0 Å². The third-order valence-corrected chi connectivity index (χ3v) is 3.74. The molecule has 23 heavy (non-hydrogen) atoms. The van der Waals surface area contributed by atoms with Gasteiger partial charge in [0.2, 0.25) is 11.8 Å². The molecule has 4 N–H and O–H groups in total. The van der Waals surface area contributed by atoms with Crippen LogP contribution in [0.1, 0.15) is 83.5 Å². The molecule has 0 aromatic heterocycles. The van der Waals surface area contributed by atoms with Crippen LogP contribution in [0.4, 0.5) is 0 Å². The molecule has 0 bridgehead atoms. The van der Waals surface area contributed by atoms with E-state index in [4.69, 9.17) is 10.8 Å². The summed E-state index contributed by atoms with van der Waals surface area (Å²) in [6.45, 7) is 0.637. The molecule has 0 heterocycles. The summed E-state index contributed by atoms with van der Waals surface area (Å²) in [6, 6.07) is 0. The first-order valence-electron chi connectivity index (χ1n) is 8.79. The van der Waals surface area contributed by atoms with Crippen LogP contribution < -0.4 is 11.1 Å². The topological polar surface area (TPSA) is 109 Å². The lowest BCUT2D eigenvalue weighted by molar-refractivity contribution is -0.138. The zero-order valence-corrected chi connectivity index (χ0v) is 14.1. The molecule has 0 rings (SSSR count). The van der Waals surface area contributed by atoms with Crippen molar-refractivity contribution in [2.24, 2.45) is 5.73 Å². The lowest BCUT2D eigenvalue weighted by atomic mass is 10.1.